The van der Waals surface area contributed by atoms with Crippen LogP contribution >= 0.6 is 0 Å². The van der Waals surface area contributed by atoms with Crippen LogP contribution in [0.15, 0.2) is 0 Å². The molecule has 0 radical (unpaired) electrons. The van der Waals surface area contributed by atoms with Gasteiger partial charge in [-0.05, 0) is 45.6 Å². The van der Waals surface area contributed by atoms with Gasteiger partial charge in [0, 0.05) is 6.54 Å². The second-order valence-electron chi connectivity index (χ2n) is 6.91. The van der Waals surface area contributed by atoms with Crippen molar-refractivity contribution in [1.29, 1.82) is 0 Å². The third-order valence-corrected chi connectivity index (χ3v) is 4.61. The molecule has 160 valence electrons. The van der Waals surface area contributed by atoms with Crippen molar-refractivity contribution in [2.75, 3.05) is 19.7 Å². The van der Waals surface area contributed by atoms with Crippen LogP contribution in [0.25, 0.3) is 0 Å². The third-order valence-electron chi connectivity index (χ3n) is 4.61. The zero-order chi connectivity index (χ0) is 21.3. The Balaban J connectivity index is 2.70. The predicted octanol–water partition coefficient (Wildman–Crippen LogP) is -2.50. The molecule has 11 nitrogen and oxygen atoms in total. The summed E-state index contributed by atoms with van der Waals surface area (Å²) < 4.78 is 0. The highest BCUT2D eigenvalue weighted by Gasteiger charge is 2.37. The number of nitrogens with one attached hydrogen (secondary N) is 2. The van der Waals surface area contributed by atoms with E-state index in [1.54, 1.807) is 0 Å². The summed E-state index contributed by atoms with van der Waals surface area (Å²) in [5.41, 5.74) is 11.0. The molecule has 1 rings (SSSR count). The maximum atomic E-state index is 12.5. The standard InChI is InChI=1S/C17H31N5O6/c1-10(19)16(26)22-8-4-6-13(22)15(25)21-12(9-23)14(24)20-11(17(27)28)5-2-3-7-18/h10-13,23H,2-9,18-19H2,1H3,(H,20,24)(H,21,25)(H,27,28). The van der Waals surface area contributed by atoms with Gasteiger partial charge in [0.25, 0.3) is 0 Å². The number of carboxylic acid groups (broad SMARTS) is 1. The molecule has 8 N–H and O–H groups in total. The van der Waals surface area contributed by atoms with E-state index >= 15 is 0 Å². The summed E-state index contributed by atoms with van der Waals surface area (Å²) in [6.45, 7) is 1.61. The fourth-order valence-electron chi connectivity index (χ4n) is 3.05. The van der Waals surface area contributed by atoms with Crippen LogP contribution in [-0.2, 0) is 19.2 Å². The Morgan fingerprint density at radius 2 is 1.86 bits per heavy atom. The molecule has 0 bridgehead atoms. The fraction of sp³-hybridized carbons (Fsp3) is 0.765. The molecule has 3 amide bonds. The molecule has 1 aliphatic heterocycles. The Morgan fingerprint density at radius 3 is 2.39 bits per heavy atom. The largest absolute Gasteiger partial charge is 0.480 e. The molecule has 1 fully saturated rings. The molecule has 1 heterocycles. The van der Waals surface area contributed by atoms with Gasteiger partial charge in [0.2, 0.25) is 17.7 Å². The van der Waals surface area contributed by atoms with E-state index in [1.165, 1.54) is 11.8 Å². The van der Waals surface area contributed by atoms with Crippen molar-refractivity contribution in [3.63, 3.8) is 0 Å². The van der Waals surface area contributed by atoms with Crippen molar-refractivity contribution >= 4 is 23.7 Å². The van der Waals surface area contributed by atoms with Gasteiger partial charge in [-0.15, -0.1) is 0 Å². The van der Waals surface area contributed by atoms with Crippen molar-refractivity contribution in [3.8, 4) is 0 Å². The maximum absolute atomic E-state index is 12.5. The minimum Gasteiger partial charge on any atom is -0.480 e. The number of hydrogen-bond acceptors (Lipinski definition) is 7. The first-order valence-corrected chi connectivity index (χ1v) is 9.43. The number of carboxylic acids is 1. The molecule has 0 aromatic carbocycles. The van der Waals surface area contributed by atoms with Gasteiger partial charge in [-0.25, -0.2) is 4.79 Å². The number of aliphatic hydroxyl groups is 1. The van der Waals surface area contributed by atoms with E-state index < -0.39 is 48.6 Å². The van der Waals surface area contributed by atoms with Gasteiger partial charge in [-0.2, -0.15) is 0 Å². The molecule has 11 heteroatoms. The highest BCUT2D eigenvalue weighted by molar-refractivity contribution is 5.94. The lowest BCUT2D eigenvalue weighted by Crippen LogP contribution is -2.57. The van der Waals surface area contributed by atoms with E-state index in [9.17, 15) is 29.4 Å². The van der Waals surface area contributed by atoms with Crippen molar-refractivity contribution < 1.29 is 29.4 Å². The number of aliphatic hydroxyl groups excluding tert-OH is 1. The van der Waals surface area contributed by atoms with Crippen LogP contribution in [0, 0.1) is 0 Å². The third kappa shape index (κ3) is 6.73. The maximum Gasteiger partial charge on any atom is 0.326 e. The summed E-state index contributed by atoms with van der Waals surface area (Å²) in [5, 5.41) is 23.4. The van der Waals surface area contributed by atoms with E-state index in [1.807, 2.05) is 0 Å². The number of aliphatic carboxylic acids is 1. The summed E-state index contributed by atoms with van der Waals surface area (Å²) in [6.07, 6.45) is 2.35. The first-order valence-electron chi connectivity index (χ1n) is 9.43. The number of hydrogen-bond donors (Lipinski definition) is 6. The number of carbonyl (C=O) groups excluding carboxylic acids is 3. The zero-order valence-corrected chi connectivity index (χ0v) is 16.1. The van der Waals surface area contributed by atoms with Gasteiger partial charge in [-0.1, -0.05) is 0 Å². The molecule has 0 spiro atoms. The molecule has 1 aliphatic rings. The van der Waals surface area contributed by atoms with E-state index in [2.05, 4.69) is 10.6 Å². The van der Waals surface area contributed by atoms with Crippen LogP contribution < -0.4 is 22.1 Å². The normalized spacial score (nSPS) is 19.6. The minimum atomic E-state index is -1.32. The zero-order valence-electron chi connectivity index (χ0n) is 16.1. The number of likely N-dealkylation sites (tertiary alicyclic amines) is 1. The summed E-state index contributed by atoms with van der Waals surface area (Å²) in [7, 11) is 0. The molecule has 0 aliphatic carbocycles. The molecule has 0 saturated carbocycles. The van der Waals surface area contributed by atoms with Crippen LogP contribution in [0.5, 0.6) is 0 Å². The highest BCUT2D eigenvalue weighted by Crippen LogP contribution is 2.18. The molecule has 4 atom stereocenters. The van der Waals surface area contributed by atoms with Crippen LogP contribution in [0.3, 0.4) is 0 Å². The number of unbranched alkanes of at least 4 members (excludes halogenated alkanes) is 1. The second-order valence-corrected chi connectivity index (χ2v) is 6.91. The van der Waals surface area contributed by atoms with Crippen molar-refractivity contribution in [2.24, 2.45) is 11.5 Å². The predicted molar refractivity (Wildman–Crippen MR) is 99.9 cm³/mol. The van der Waals surface area contributed by atoms with Gasteiger partial charge >= 0.3 is 5.97 Å². The SMILES string of the molecule is CC(N)C(=O)N1CCCC1C(=O)NC(CO)C(=O)NC(CCCCN)C(=O)O. The van der Waals surface area contributed by atoms with Crippen molar-refractivity contribution in [2.45, 2.75) is 63.2 Å². The van der Waals surface area contributed by atoms with E-state index in [0.717, 1.165) is 0 Å². The van der Waals surface area contributed by atoms with Crippen LogP contribution in [0.2, 0.25) is 0 Å². The molecular weight excluding hydrogens is 370 g/mol. The number of nitrogens with zero attached hydrogens (tertiary/aromatic N) is 1. The lowest BCUT2D eigenvalue weighted by molar-refractivity contribution is -0.143. The Morgan fingerprint density at radius 1 is 1.18 bits per heavy atom. The molecule has 28 heavy (non-hydrogen) atoms. The van der Waals surface area contributed by atoms with Gasteiger partial charge in [-0.3, -0.25) is 14.4 Å². The van der Waals surface area contributed by atoms with Gasteiger partial charge in [0.15, 0.2) is 0 Å². The number of carbonyl (C=O) groups is 4. The van der Waals surface area contributed by atoms with E-state index in [4.69, 9.17) is 11.5 Å². The highest BCUT2D eigenvalue weighted by atomic mass is 16.4. The summed E-state index contributed by atoms with van der Waals surface area (Å²) in [4.78, 5) is 49.6. The topological polar surface area (TPSA) is 188 Å². The quantitative estimate of drug-likeness (QED) is 0.205. The molecule has 1 saturated heterocycles. The number of amides is 3. The molecule has 0 aromatic rings. The van der Waals surface area contributed by atoms with Crippen LogP contribution in [0.4, 0.5) is 0 Å². The Labute approximate surface area is 163 Å². The first-order chi connectivity index (χ1) is 13.2. The van der Waals surface area contributed by atoms with Crippen molar-refractivity contribution in [1.82, 2.24) is 15.5 Å². The Hall–Kier alpha value is -2.24. The average molecular weight is 401 g/mol. The Kier molecular flexibility index (Phi) is 9.83. The number of nitrogens with two attached hydrogens (primary N) is 2. The lowest BCUT2D eigenvalue weighted by atomic mass is 10.1. The summed E-state index contributed by atoms with van der Waals surface area (Å²) in [5.74, 6) is -2.97. The number of rotatable bonds is 11. The summed E-state index contributed by atoms with van der Waals surface area (Å²) in [6, 6.07) is -4.00. The lowest BCUT2D eigenvalue weighted by Gasteiger charge is -2.27. The summed E-state index contributed by atoms with van der Waals surface area (Å²) >= 11 is 0. The second kappa shape index (κ2) is 11.6. The first kappa shape index (κ1) is 23.8. The van der Waals surface area contributed by atoms with Gasteiger partial charge < -0.3 is 37.2 Å². The van der Waals surface area contributed by atoms with E-state index in [-0.39, 0.29) is 12.3 Å². The van der Waals surface area contributed by atoms with Crippen LogP contribution in [0.1, 0.15) is 39.0 Å². The minimum absolute atomic E-state index is 0.184. The molecular formula is C17H31N5O6. The smallest absolute Gasteiger partial charge is 0.326 e. The van der Waals surface area contributed by atoms with Crippen LogP contribution in [-0.4, -0.2) is 82.7 Å². The fourth-order valence-corrected chi connectivity index (χ4v) is 3.05. The molecule has 4 unspecified atom stereocenters. The Bertz CT molecular complexity index is 570. The van der Waals surface area contributed by atoms with E-state index in [0.29, 0.717) is 38.8 Å². The average Bonchev–Trinajstić information content (AvgIpc) is 3.13. The monoisotopic (exact) mass is 401 g/mol. The van der Waals surface area contributed by atoms with Crippen molar-refractivity contribution in [3.05, 3.63) is 0 Å². The van der Waals surface area contributed by atoms with Gasteiger partial charge in [0.1, 0.15) is 18.1 Å². The molecule has 0 aromatic heterocycles. The van der Waals surface area contributed by atoms with Gasteiger partial charge in [0.05, 0.1) is 12.6 Å².